The number of halogens is 1. The van der Waals surface area contributed by atoms with E-state index in [0.29, 0.717) is 18.0 Å². The van der Waals surface area contributed by atoms with Crippen molar-refractivity contribution in [1.82, 2.24) is 4.98 Å². The number of fused-ring (bicyclic) bond motifs is 1. The summed E-state index contributed by atoms with van der Waals surface area (Å²) < 4.78 is 46.0. The van der Waals surface area contributed by atoms with Crippen LogP contribution in [0.15, 0.2) is 36.5 Å². The second kappa shape index (κ2) is 6.74. The van der Waals surface area contributed by atoms with Gasteiger partial charge in [0.25, 0.3) is 10.1 Å². The first-order chi connectivity index (χ1) is 11.4. The van der Waals surface area contributed by atoms with Crippen LogP contribution in [0, 0.1) is 5.82 Å². The lowest BCUT2D eigenvalue weighted by Gasteiger charge is -2.26. The number of rotatable bonds is 5. The summed E-state index contributed by atoms with van der Waals surface area (Å²) in [5.41, 5.74) is 2.50. The van der Waals surface area contributed by atoms with E-state index in [2.05, 4.69) is 14.5 Å². The Morgan fingerprint density at radius 3 is 2.79 bits per heavy atom. The smallest absolute Gasteiger partial charge is 0.269 e. The van der Waals surface area contributed by atoms with E-state index in [9.17, 15) is 12.8 Å². The van der Waals surface area contributed by atoms with Gasteiger partial charge < -0.3 is 10.1 Å². The summed E-state index contributed by atoms with van der Waals surface area (Å²) in [4.78, 5) is 4.24. The first-order valence-electron chi connectivity index (χ1n) is 7.36. The van der Waals surface area contributed by atoms with Crippen molar-refractivity contribution in [1.29, 1.82) is 0 Å². The number of nitrogens with zero attached hydrogens (tertiary/aromatic N) is 1. The van der Waals surface area contributed by atoms with Crippen molar-refractivity contribution >= 4 is 15.8 Å². The molecule has 1 aliphatic rings. The van der Waals surface area contributed by atoms with Gasteiger partial charge in [-0.15, -0.1) is 0 Å². The first kappa shape index (κ1) is 16.7. The molecule has 2 aromatic rings. The van der Waals surface area contributed by atoms with Gasteiger partial charge in [-0.1, -0.05) is 12.1 Å². The normalized spacial score (nSPS) is 16.8. The van der Waals surface area contributed by atoms with Crippen LogP contribution in [0.25, 0.3) is 0 Å². The number of anilines is 1. The van der Waals surface area contributed by atoms with E-state index in [1.54, 1.807) is 18.3 Å². The van der Waals surface area contributed by atoms with Crippen LogP contribution in [-0.2, 0) is 20.7 Å². The topological polar surface area (TPSA) is 77.5 Å². The molecule has 24 heavy (non-hydrogen) atoms. The van der Waals surface area contributed by atoms with E-state index in [4.69, 9.17) is 4.74 Å². The molecule has 0 unspecified atom stereocenters. The van der Waals surface area contributed by atoms with E-state index >= 15 is 0 Å². The maximum Gasteiger partial charge on any atom is 0.269 e. The predicted molar refractivity (Wildman–Crippen MR) is 87.1 cm³/mol. The molecule has 6 nitrogen and oxygen atoms in total. The largest absolute Gasteiger partial charge is 0.474 e. The predicted octanol–water partition coefficient (Wildman–Crippen LogP) is 1.96. The van der Waals surface area contributed by atoms with Crippen molar-refractivity contribution in [3.63, 3.8) is 0 Å². The summed E-state index contributed by atoms with van der Waals surface area (Å²) in [6.07, 6.45) is 2.28. The Morgan fingerprint density at radius 2 is 2.08 bits per heavy atom. The van der Waals surface area contributed by atoms with E-state index < -0.39 is 16.2 Å². The van der Waals surface area contributed by atoms with Crippen molar-refractivity contribution in [2.45, 2.75) is 12.5 Å². The number of benzene rings is 1. The molecule has 3 rings (SSSR count). The van der Waals surface area contributed by atoms with Gasteiger partial charge in [-0.2, -0.15) is 8.42 Å². The van der Waals surface area contributed by atoms with E-state index in [1.807, 2.05) is 6.07 Å². The zero-order valence-corrected chi connectivity index (χ0v) is 13.8. The molecule has 0 bridgehead atoms. The SMILES string of the molecule is COS(=O)(=O)C[C@H]1COc2ncc(Cc3ccc(F)cc3)cc2N1. The van der Waals surface area contributed by atoms with Crippen LogP contribution in [0.3, 0.4) is 0 Å². The second-order valence-electron chi connectivity index (χ2n) is 5.54. The van der Waals surface area contributed by atoms with E-state index in [0.717, 1.165) is 18.2 Å². The zero-order chi connectivity index (χ0) is 17.2. The fraction of sp³-hybridized carbons (Fsp3) is 0.312. The number of aromatic nitrogens is 1. The summed E-state index contributed by atoms with van der Waals surface area (Å²) >= 11 is 0. The van der Waals surface area contributed by atoms with Gasteiger partial charge in [0.05, 0.1) is 24.6 Å². The van der Waals surface area contributed by atoms with Crippen LogP contribution in [0.4, 0.5) is 10.1 Å². The molecule has 0 radical (unpaired) electrons. The van der Waals surface area contributed by atoms with Gasteiger partial charge in [-0.25, -0.2) is 9.37 Å². The van der Waals surface area contributed by atoms with Crippen LogP contribution >= 0.6 is 0 Å². The molecule has 0 saturated heterocycles. The molecular formula is C16H17FN2O4S. The Bertz CT molecular complexity index is 824. The molecule has 1 atom stereocenters. The summed E-state index contributed by atoms with van der Waals surface area (Å²) in [7, 11) is -2.45. The first-order valence-corrected chi connectivity index (χ1v) is 8.94. The van der Waals surface area contributed by atoms with Crippen LogP contribution in [-0.4, -0.2) is 38.9 Å². The molecule has 8 heteroatoms. The Balaban J connectivity index is 1.74. The minimum absolute atomic E-state index is 0.189. The highest BCUT2D eigenvalue weighted by atomic mass is 32.2. The Labute approximate surface area is 139 Å². The van der Waals surface area contributed by atoms with E-state index in [1.165, 1.54) is 12.1 Å². The monoisotopic (exact) mass is 352 g/mol. The maximum atomic E-state index is 13.0. The van der Waals surface area contributed by atoms with Crippen molar-refractivity contribution in [2.24, 2.45) is 0 Å². The van der Waals surface area contributed by atoms with Crippen molar-refractivity contribution in [2.75, 3.05) is 24.8 Å². The van der Waals surface area contributed by atoms with Crippen molar-refractivity contribution < 1.29 is 21.7 Å². The minimum Gasteiger partial charge on any atom is -0.474 e. The quantitative estimate of drug-likeness (QED) is 0.829. The van der Waals surface area contributed by atoms with Crippen LogP contribution in [0.5, 0.6) is 5.88 Å². The number of hydrogen-bond acceptors (Lipinski definition) is 6. The van der Waals surface area contributed by atoms with Crippen molar-refractivity contribution in [3.8, 4) is 5.88 Å². The highest BCUT2D eigenvalue weighted by molar-refractivity contribution is 7.86. The lowest BCUT2D eigenvalue weighted by molar-refractivity contribution is 0.278. The van der Waals surface area contributed by atoms with E-state index in [-0.39, 0.29) is 18.2 Å². The van der Waals surface area contributed by atoms with Crippen molar-refractivity contribution in [3.05, 3.63) is 53.5 Å². The molecule has 0 aliphatic carbocycles. The highest BCUT2D eigenvalue weighted by Crippen LogP contribution is 2.28. The summed E-state index contributed by atoms with van der Waals surface area (Å²) in [6, 6.07) is 7.70. The summed E-state index contributed by atoms with van der Waals surface area (Å²) in [5, 5.41) is 3.12. The second-order valence-corrected chi connectivity index (χ2v) is 7.32. The molecule has 0 saturated carbocycles. The van der Waals surface area contributed by atoms with Gasteiger partial charge in [0, 0.05) is 6.20 Å². The van der Waals surface area contributed by atoms with Gasteiger partial charge in [-0.05, 0) is 35.7 Å². The molecular weight excluding hydrogens is 335 g/mol. The third-order valence-electron chi connectivity index (χ3n) is 3.67. The number of nitrogens with one attached hydrogen (secondary N) is 1. The van der Waals surface area contributed by atoms with Crippen LogP contribution < -0.4 is 10.1 Å². The lowest BCUT2D eigenvalue weighted by Crippen LogP contribution is -2.38. The zero-order valence-electron chi connectivity index (χ0n) is 13.0. The Hall–Kier alpha value is -2.19. The van der Waals surface area contributed by atoms with Crippen LogP contribution in [0.2, 0.25) is 0 Å². The average molecular weight is 352 g/mol. The van der Waals surface area contributed by atoms with Gasteiger partial charge in [-0.3, -0.25) is 4.18 Å². The van der Waals surface area contributed by atoms with Gasteiger partial charge in [0.1, 0.15) is 12.4 Å². The third-order valence-corrected chi connectivity index (χ3v) is 4.99. The fourth-order valence-corrected chi connectivity index (χ4v) is 3.30. The molecule has 1 aromatic heterocycles. The summed E-state index contributed by atoms with van der Waals surface area (Å²) in [6.45, 7) is 0.194. The Morgan fingerprint density at radius 1 is 1.33 bits per heavy atom. The van der Waals surface area contributed by atoms with Crippen LogP contribution in [0.1, 0.15) is 11.1 Å². The molecule has 2 heterocycles. The Kier molecular flexibility index (Phi) is 4.68. The number of hydrogen-bond donors (Lipinski definition) is 1. The lowest BCUT2D eigenvalue weighted by atomic mass is 10.1. The molecule has 1 aromatic carbocycles. The molecule has 0 fully saturated rings. The van der Waals surface area contributed by atoms with Gasteiger partial charge in [0.15, 0.2) is 0 Å². The standard InChI is InChI=1S/C16H17FN2O4S/c1-22-24(20,21)10-14-9-23-16-15(19-14)7-12(8-18-16)6-11-2-4-13(17)5-3-11/h2-5,7-8,14,19H,6,9-10H2,1H3/t14-/m1/s1. The molecule has 1 N–H and O–H groups in total. The van der Waals surface area contributed by atoms with Gasteiger partial charge >= 0.3 is 0 Å². The fourth-order valence-electron chi connectivity index (χ4n) is 2.49. The molecule has 0 spiro atoms. The van der Waals surface area contributed by atoms with Gasteiger partial charge in [0.2, 0.25) is 5.88 Å². The molecule has 128 valence electrons. The summed E-state index contributed by atoms with van der Waals surface area (Å²) in [5.74, 6) is -0.0333. The molecule has 0 amide bonds. The maximum absolute atomic E-state index is 13.0. The number of pyridine rings is 1. The molecule has 1 aliphatic heterocycles. The highest BCUT2D eigenvalue weighted by Gasteiger charge is 2.25. The average Bonchev–Trinajstić information content (AvgIpc) is 2.56. The minimum atomic E-state index is -3.58. The third kappa shape index (κ3) is 4.01. The number of ether oxygens (including phenoxy) is 1.